The molecule has 2 nitrogen and oxygen atoms in total. The summed E-state index contributed by atoms with van der Waals surface area (Å²) in [5, 5.41) is 0.862. The molecule has 0 rings (SSSR count). The first-order valence-electron chi connectivity index (χ1n) is 4.48. The molecular weight excluding hydrogens is 218 g/mol. The van der Waals surface area contributed by atoms with Crippen LogP contribution in [0, 0.1) is 0 Å². The van der Waals surface area contributed by atoms with Crippen LogP contribution >= 0.6 is 15.9 Å². The Hall–Kier alpha value is -0.0500. The van der Waals surface area contributed by atoms with Gasteiger partial charge in [0.15, 0.2) is 0 Å². The highest BCUT2D eigenvalue weighted by Crippen LogP contribution is 2.04. The van der Waals surface area contributed by atoms with Crippen molar-refractivity contribution in [2.75, 3.05) is 11.9 Å². The highest BCUT2D eigenvalue weighted by Gasteiger charge is 2.14. The first kappa shape index (κ1) is 11.9. The minimum absolute atomic E-state index is 0.270. The van der Waals surface area contributed by atoms with Crippen LogP contribution in [0.2, 0.25) is 0 Å². The molecule has 3 heteroatoms. The Kier molecular flexibility index (Phi) is 6.44. The fraction of sp³-hybridized carbons (Fsp3) is 0.889. The lowest BCUT2D eigenvalue weighted by Crippen LogP contribution is -2.38. The normalized spacial score (nSPS) is 10.4. The summed E-state index contributed by atoms with van der Waals surface area (Å²) in [5.74, 6) is 0.270. The maximum absolute atomic E-state index is 11.5. The van der Waals surface area contributed by atoms with Gasteiger partial charge in [0.05, 0.1) is 0 Å². The number of amides is 1. The topological polar surface area (TPSA) is 20.3 Å². The molecule has 0 aromatic rings. The quantitative estimate of drug-likeness (QED) is 0.671. The van der Waals surface area contributed by atoms with E-state index >= 15 is 0 Å². The Bertz CT molecular complexity index is 136. The number of nitrogens with zero attached hydrogens (tertiary/aromatic N) is 1. The van der Waals surface area contributed by atoms with E-state index in [2.05, 4.69) is 29.8 Å². The van der Waals surface area contributed by atoms with E-state index in [1.54, 1.807) is 0 Å². The van der Waals surface area contributed by atoms with E-state index in [9.17, 15) is 4.79 Å². The van der Waals surface area contributed by atoms with Gasteiger partial charge in [-0.05, 0) is 20.3 Å². The largest absolute Gasteiger partial charge is 0.339 e. The van der Waals surface area contributed by atoms with E-state index in [1.165, 1.54) is 0 Å². The van der Waals surface area contributed by atoms with Crippen molar-refractivity contribution >= 4 is 21.8 Å². The summed E-state index contributed by atoms with van der Waals surface area (Å²) in [6.45, 7) is 6.95. The van der Waals surface area contributed by atoms with Gasteiger partial charge in [0, 0.05) is 24.3 Å². The zero-order chi connectivity index (χ0) is 9.56. The van der Waals surface area contributed by atoms with Gasteiger partial charge in [-0.25, -0.2) is 0 Å². The van der Waals surface area contributed by atoms with Gasteiger partial charge in [0.2, 0.25) is 5.91 Å². The minimum Gasteiger partial charge on any atom is -0.339 e. The molecule has 0 heterocycles. The van der Waals surface area contributed by atoms with Crippen molar-refractivity contribution in [3.63, 3.8) is 0 Å². The molecule has 0 saturated carbocycles. The van der Waals surface area contributed by atoms with Crippen LogP contribution in [-0.2, 0) is 4.79 Å². The average molecular weight is 236 g/mol. The van der Waals surface area contributed by atoms with Gasteiger partial charge in [-0.1, -0.05) is 22.9 Å². The van der Waals surface area contributed by atoms with Crippen molar-refractivity contribution < 1.29 is 4.79 Å². The molecule has 0 fully saturated rings. The van der Waals surface area contributed by atoms with Crippen LogP contribution in [0.4, 0.5) is 0 Å². The third kappa shape index (κ3) is 4.10. The van der Waals surface area contributed by atoms with Crippen molar-refractivity contribution in [3.05, 3.63) is 0 Å². The lowest BCUT2D eigenvalue weighted by Gasteiger charge is -2.25. The summed E-state index contributed by atoms with van der Waals surface area (Å²) in [6.07, 6.45) is 1.61. The fourth-order valence-electron chi connectivity index (χ4n) is 1.12. The molecular formula is C9H18BrNO. The van der Waals surface area contributed by atoms with Gasteiger partial charge in [0.1, 0.15) is 0 Å². The molecule has 0 unspecified atom stereocenters. The zero-order valence-electron chi connectivity index (χ0n) is 8.14. The van der Waals surface area contributed by atoms with Crippen LogP contribution < -0.4 is 0 Å². The number of carbonyl (C=O) groups excluding carboxylic acids is 1. The Balaban J connectivity index is 4.00. The number of carbonyl (C=O) groups is 1. The van der Waals surface area contributed by atoms with E-state index < -0.39 is 0 Å². The van der Waals surface area contributed by atoms with Gasteiger partial charge in [-0.3, -0.25) is 4.79 Å². The van der Waals surface area contributed by atoms with Crippen molar-refractivity contribution in [3.8, 4) is 0 Å². The molecule has 0 N–H and O–H groups in total. The second kappa shape index (κ2) is 6.46. The lowest BCUT2D eigenvalue weighted by molar-refractivity contribution is -0.132. The van der Waals surface area contributed by atoms with E-state index in [0.717, 1.165) is 18.3 Å². The number of halogens is 1. The van der Waals surface area contributed by atoms with Gasteiger partial charge >= 0.3 is 0 Å². The molecule has 0 atom stereocenters. The van der Waals surface area contributed by atoms with Crippen LogP contribution in [-0.4, -0.2) is 28.7 Å². The van der Waals surface area contributed by atoms with Gasteiger partial charge < -0.3 is 4.90 Å². The van der Waals surface area contributed by atoms with Crippen LogP contribution in [0.5, 0.6) is 0 Å². The minimum atomic E-state index is 0.270. The predicted octanol–water partition coefficient (Wildman–Crippen LogP) is 2.42. The maximum atomic E-state index is 11.5. The first-order chi connectivity index (χ1) is 5.63. The maximum Gasteiger partial charge on any atom is 0.222 e. The molecule has 72 valence electrons. The second-order valence-electron chi connectivity index (χ2n) is 3.12. The summed E-state index contributed by atoms with van der Waals surface area (Å²) >= 11 is 3.34. The molecule has 1 amide bonds. The zero-order valence-corrected chi connectivity index (χ0v) is 9.73. The highest BCUT2D eigenvalue weighted by atomic mass is 79.9. The molecule has 0 aliphatic heterocycles. The number of hydrogen-bond acceptors (Lipinski definition) is 1. The Morgan fingerprint density at radius 1 is 1.50 bits per heavy atom. The van der Waals surface area contributed by atoms with Gasteiger partial charge in [-0.2, -0.15) is 0 Å². The molecule has 0 bridgehead atoms. The summed E-state index contributed by atoms with van der Waals surface area (Å²) in [6, 6.07) is 0.321. The fourth-order valence-corrected chi connectivity index (χ4v) is 1.50. The van der Waals surface area contributed by atoms with Crippen LogP contribution in [0.25, 0.3) is 0 Å². The standard InChI is InChI=1S/C9H18BrNO/c1-4-5-9(12)11(7-6-10)8(2)3/h8H,4-7H2,1-3H3. The van der Waals surface area contributed by atoms with Crippen molar-refractivity contribution in [1.29, 1.82) is 0 Å². The first-order valence-corrected chi connectivity index (χ1v) is 5.61. The van der Waals surface area contributed by atoms with Crippen LogP contribution in [0.15, 0.2) is 0 Å². The molecule has 0 aromatic heterocycles. The molecule has 0 spiro atoms. The molecule has 0 saturated heterocycles. The second-order valence-corrected chi connectivity index (χ2v) is 3.91. The molecule has 12 heavy (non-hydrogen) atoms. The molecule has 0 aromatic carbocycles. The number of hydrogen-bond donors (Lipinski definition) is 0. The smallest absolute Gasteiger partial charge is 0.222 e. The highest BCUT2D eigenvalue weighted by molar-refractivity contribution is 9.09. The lowest BCUT2D eigenvalue weighted by atomic mass is 10.2. The van der Waals surface area contributed by atoms with Crippen LogP contribution in [0.1, 0.15) is 33.6 Å². The summed E-state index contributed by atoms with van der Waals surface area (Å²) < 4.78 is 0. The number of rotatable bonds is 5. The van der Waals surface area contributed by atoms with E-state index in [-0.39, 0.29) is 5.91 Å². The summed E-state index contributed by atoms with van der Waals surface area (Å²) in [4.78, 5) is 13.4. The third-order valence-electron chi connectivity index (χ3n) is 1.73. The average Bonchev–Trinajstić information content (AvgIpc) is 1.99. The summed E-state index contributed by atoms with van der Waals surface area (Å²) in [7, 11) is 0. The van der Waals surface area contributed by atoms with Crippen LogP contribution in [0.3, 0.4) is 0 Å². The van der Waals surface area contributed by atoms with E-state index in [0.29, 0.717) is 12.5 Å². The monoisotopic (exact) mass is 235 g/mol. The number of alkyl halides is 1. The summed E-state index contributed by atoms with van der Waals surface area (Å²) in [5.41, 5.74) is 0. The molecule has 0 aliphatic carbocycles. The van der Waals surface area contributed by atoms with Gasteiger partial charge in [0.25, 0.3) is 0 Å². The molecule has 0 radical (unpaired) electrons. The van der Waals surface area contributed by atoms with Crippen molar-refractivity contribution in [1.82, 2.24) is 4.90 Å². The van der Waals surface area contributed by atoms with Crippen molar-refractivity contribution in [2.45, 2.75) is 39.7 Å². The third-order valence-corrected chi connectivity index (χ3v) is 2.09. The SMILES string of the molecule is CCCC(=O)N(CCBr)C(C)C. The van der Waals surface area contributed by atoms with Gasteiger partial charge in [-0.15, -0.1) is 0 Å². The Morgan fingerprint density at radius 3 is 2.42 bits per heavy atom. The van der Waals surface area contributed by atoms with Crippen molar-refractivity contribution in [2.24, 2.45) is 0 Å². The van der Waals surface area contributed by atoms with E-state index in [4.69, 9.17) is 0 Å². The predicted molar refractivity (Wildman–Crippen MR) is 55.6 cm³/mol. The molecule has 0 aliphatic rings. The van der Waals surface area contributed by atoms with E-state index in [1.807, 2.05) is 11.8 Å². The Labute approximate surface area is 83.4 Å². The Morgan fingerprint density at radius 2 is 2.08 bits per heavy atom.